The molecule has 0 saturated carbocycles. The Kier molecular flexibility index (Phi) is 5.59. The van der Waals surface area contributed by atoms with Crippen LogP contribution in [-0.4, -0.2) is 34.1 Å². The first-order valence-corrected chi connectivity index (χ1v) is 6.75. The van der Waals surface area contributed by atoms with Crippen LogP contribution in [0.25, 0.3) is 0 Å². The largest absolute Gasteiger partial charge is 0.464 e. The number of terminal acetylenes is 1. The molecule has 0 aliphatic rings. The topological polar surface area (TPSA) is 70.1 Å². The van der Waals surface area contributed by atoms with E-state index < -0.39 is 5.97 Å². The number of methoxy groups -OCH3 is 1. The summed E-state index contributed by atoms with van der Waals surface area (Å²) in [6, 6.07) is 0. The Morgan fingerprint density at radius 1 is 1.67 bits per heavy atom. The van der Waals surface area contributed by atoms with Crippen LogP contribution < -0.4 is 5.73 Å². The van der Waals surface area contributed by atoms with Gasteiger partial charge in [-0.25, -0.2) is 9.78 Å². The fraction of sp³-hybridized carbons (Fsp3) is 0.500. The molecule has 2 N–H and O–H groups in total. The summed E-state index contributed by atoms with van der Waals surface area (Å²) in [5, 5.41) is 0. The molecule has 0 spiro atoms. The van der Waals surface area contributed by atoms with Crippen LogP contribution in [0.2, 0.25) is 0 Å². The number of esters is 1. The van der Waals surface area contributed by atoms with Crippen molar-refractivity contribution in [3.05, 3.63) is 11.5 Å². The minimum atomic E-state index is -0.503. The third-order valence-electron chi connectivity index (χ3n) is 2.43. The molecule has 1 aromatic rings. The van der Waals surface area contributed by atoms with E-state index in [4.69, 9.17) is 12.2 Å². The first-order valence-electron chi connectivity index (χ1n) is 5.60. The Morgan fingerprint density at radius 2 is 2.39 bits per heavy atom. The second-order valence-electron chi connectivity index (χ2n) is 3.52. The molecule has 0 aromatic carbocycles. The number of carbonyl (C=O) groups excluding carboxylic acids is 1. The Bertz CT molecular complexity index is 463. The molecule has 1 heterocycles. The van der Waals surface area contributed by atoms with Gasteiger partial charge in [-0.1, -0.05) is 12.8 Å². The molecule has 0 saturated heterocycles. The number of imidazole rings is 1. The van der Waals surface area contributed by atoms with Crippen LogP contribution in [0.15, 0.2) is 0 Å². The molecule has 0 atom stereocenters. The summed E-state index contributed by atoms with van der Waals surface area (Å²) >= 11 is 1.64. The number of rotatable bonds is 6. The molecule has 1 aromatic heterocycles. The van der Waals surface area contributed by atoms with Crippen LogP contribution in [-0.2, 0) is 17.7 Å². The zero-order valence-corrected chi connectivity index (χ0v) is 11.4. The smallest absolute Gasteiger partial charge is 0.360 e. The molecule has 0 bridgehead atoms. The summed E-state index contributed by atoms with van der Waals surface area (Å²) in [6.07, 6.45) is 5.89. The van der Waals surface area contributed by atoms with Crippen LogP contribution in [0.4, 0.5) is 5.82 Å². The first-order chi connectivity index (χ1) is 8.65. The standard InChI is InChI=1S/C12H17N3O2S/c1-4-7-18-8-6-15-9(5-2)14-10(11(15)13)12(16)17-3/h1H,5-8,13H2,2-3H3. The van der Waals surface area contributed by atoms with Crippen molar-refractivity contribution >= 4 is 23.5 Å². The molecule has 6 heteroatoms. The fourth-order valence-electron chi connectivity index (χ4n) is 1.57. The Balaban J connectivity index is 2.86. The van der Waals surface area contributed by atoms with E-state index in [0.29, 0.717) is 24.5 Å². The molecular weight excluding hydrogens is 250 g/mol. The quantitative estimate of drug-likeness (QED) is 0.476. The lowest BCUT2D eigenvalue weighted by molar-refractivity contribution is 0.0595. The van der Waals surface area contributed by atoms with Gasteiger partial charge in [-0.3, -0.25) is 0 Å². The highest BCUT2D eigenvalue weighted by Crippen LogP contribution is 2.17. The van der Waals surface area contributed by atoms with Crippen molar-refractivity contribution in [2.75, 3.05) is 24.3 Å². The number of thioether (sulfide) groups is 1. The highest BCUT2D eigenvalue weighted by Gasteiger charge is 2.19. The number of hydrogen-bond acceptors (Lipinski definition) is 5. The number of ether oxygens (including phenoxy) is 1. The van der Waals surface area contributed by atoms with Crippen LogP contribution >= 0.6 is 11.8 Å². The molecule has 5 nitrogen and oxygen atoms in total. The van der Waals surface area contributed by atoms with Crippen molar-refractivity contribution < 1.29 is 9.53 Å². The molecule has 0 amide bonds. The number of nitrogens with zero attached hydrogens (tertiary/aromatic N) is 2. The first kappa shape index (κ1) is 14.5. The van der Waals surface area contributed by atoms with Crippen molar-refractivity contribution in [1.29, 1.82) is 0 Å². The monoisotopic (exact) mass is 267 g/mol. The maximum atomic E-state index is 11.5. The van der Waals surface area contributed by atoms with Gasteiger partial charge >= 0.3 is 5.97 Å². The van der Waals surface area contributed by atoms with E-state index in [1.165, 1.54) is 7.11 Å². The summed E-state index contributed by atoms with van der Waals surface area (Å²) in [5.74, 6) is 4.71. The van der Waals surface area contributed by atoms with Gasteiger partial charge in [0.25, 0.3) is 0 Å². The summed E-state index contributed by atoms with van der Waals surface area (Å²) in [6.45, 7) is 2.65. The highest BCUT2D eigenvalue weighted by molar-refractivity contribution is 7.99. The molecule has 18 heavy (non-hydrogen) atoms. The van der Waals surface area contributed by atoms with Gasteiger partial charge in [0.2, 0.25) is 0 Å². The molecule has 0 fully saturated rings. The van der Waals surface area contributed by atoms with Crippen molar-refractivity contribution in [3.8, 4) is 12.3 Å². The molecule has 0 aliphatic carbocycles. The lowest BCUT2D eigenvalue weighted by Gasteiger charge is -2.07. The second kappa shape index (κ2) is 6.97. The van der Waals surface area contributed by atoms with Gasteiger partial charge in [-0.05, 0) is 0 Å². The second-order valence-corrected chi connectivity index (χ2v) is 4.62. The lowest BCUT2D eigenvalue weighted by Crippen LogP contribution is -2.10. The van der Waals surface area contributed by atoms with Crippen molar-refractivity contribution in [1.82, 2.24) is 9.55 Å². The average molecular weight is 267 g/mol. The van der Waals surface area contributed by atoms with E-state index in [9.17, 15) is 4.79 Å². The van der Waals surface area contributed by atoms with Gasteiger partial charge in [0, 0.05) is 18.7 Å². The number of hydrogen-bond donors (Lipinski definition) is 1. The normalized spacial score (nSPS) is 10.1. The maximum absolute atomic E-state index is 11.5. The highest BCUT2D eigenvalue weighted by atomic mass is 32.2. The van der Waals surface area contributed by atoms with Crippen LogP contribution in [0, 0.1) is 12.3 Å². The lowest BCUT2D eigenvalue weighted by atomic mass is 10.4. The third kappa shape index (κ3) is 3.20. The SMILES string of the molecule is C#CCSCCn1c(CC)nc(C(=O)OC)c1N. The number of anilines is 1. The van der Waals surface area contributed by atoms with Crippen LogP contribution in [0.1, 0.15) is 23.2 Å². The van der Waals surface area contributed by atoms with E-state index in [-0.39, 0.29) is 5.69 Å². The third-order valence-corrected chi connectivity index (χ3v) is 3.27. The van der Waals surface area contributed by atoms with E-state index in [2.05, 4.69) is 15.6 Å². The van der Waals surface area contributed by atoms with Gasteiger partial charge in [0.1, 0.15) is 11.6 Å². The molecule has 0 unspecified atom stereocenters. The van der Waals surface area contributed by atoms with Crippen LogP contribution in [0.3, 0.4) is 0 Å². The number of aryl methyl sites for hydroxylation is 1. The van der Waals surface area contributed by atoms with E-state index in [1.807, 2.05) is 11.5 Å². The summed E-state index contributed by atoms with van der Waals surface area (Å²) < 4.78 is 6.49. The van der Waals surface area contributed by atoms with Crippen LogP contribution in [0.5, 0.6) is 0 Å². The van der Waals surface area contributed by atoms with Crippen molar-refractivity contribution in [3.63, 3.8) is 0 Å². The Hall–Kier alpha value is -1.61. The average Bonchev–Trinajstić information content (AvgIpc) is 2.71. The van der Waals surface area contributed by atoms with Gasteiger partial charge in [-0.2, -0.15) is 0 Å². The van der Waals surface area contributed by atoms with Crippen molar-refractivity contribution in [2.45, 2.75) is 19.9 Å². The summed E-state index contributed by atoms with van der Waals surface area (Å²) in [7, 11) is 1.31. The van der Waals surface area contributed by atoms with Crippen molar-refractivity contribution in [2.24, 2.45) is 0 Å². The van der Waals surface area contributed by atoms with E-state index in [1.54, 1.807) is 11.8 Å². The minimum Gasteiger partial charge on any atom is -0.464 e. The molecule has 0 radical (unpaired) electrons. The van der Waals surface area contributed by atoms with Gasteiger partial charge in [0.05, 0.1) is 12.9 Å². The number of nitrogens with two attached hydrogens (primary N) is 1. The van der Waals surface area contributed by atoms with E-state index >= 15 is 0 Å². The predicted octanol–water partition coefficient (Wildman–Crippen LogP) is 1.18. The Labute approximate surface area is 111 Å². The van der Waals surface area contributed by atoms with E-state index in [0.717, 1.165) is 11.6 Å². The number of aromatic nitrogens is 2. The molecule has 98 valence electrons. The zero-order valence-electron chi connectivity index (χ0n) is 10.6. The zero-order chi connectivity index (χ0) is 13.5. The van der Waals surface area contributed by atoms with Gasteiger partial charge in [-0.15, -0.1) is 18.2 Å². The fourth-order valence-corrected chi connectivity index (χ4v) is 2.14. The van der Waals surface area contributed by atoms with Gasteiger partial charge < -0.3 is 15.0 Å². The predicted molar refractivity (Wildman–Crippen MR) is 73.5 cm³/mol. The molecular formula is C12H17N3O2S. The summed E-state index contributed by atoms with van der Waals surface area (Å²) in [5.41, 5.74) is 6.11. The minimum absolute atomic E-state index is 0.191. The number of carbonyl (C=O) groups is 1. The van der Waals surface area contributed by atoms with Gasteiger partial charge in [0.15, 0.2) is 5.69 Å². The summed E-state index contributed by atoms with van der Waals surface area (Å²) in [4.78, 5) is 15.7. The molecule has 1 rings (SSSR count). The Morgan fingerprint density at radius 3 is 2.94 bits per heavy atom. The molecule has 0 aliphatic heterocycles. The number of nitrogen functional groups attached to an aromatic ring is 1. The maximum Gasteiger partial charge on any atom is 0.360 e.